The predicted octanol–water partition coefficient (Wildman–Crippen LogP) is 4.79. The van der Waals surface area contributed by atoms with Crippen LogP contribution in [0.3, 0.4) is 0 Å². The molecule has 1 atom stereocenters. The fourth-order valence-corrected chi connectivity index (χ4v) is 3.19. The van der Waals surface area contributed by atoms with Gasteiger partial charge < -0.3 is 10.1 Å². The number of nitrogens with one attached hydrogen (secondary N) is 1. The molecule has 3 nitrogen and oxygen atoms in total. The lowest BCUT2D eigenvalue weighted by Crippen LogP contribution is -2.41. The van der Waals surface area contributed by atoms with E-state index in [9.17, 15) is 4.79 Å². The van der Waals surface area contributed by atoms with Gasteiger partial charge in [0.05, 0.1) is 6.04 Å². The standard InChI is InChI=1S/C19H20BrNO2/c1-12-4-9-15-16(11-19(2,3)23-17(15)10-12)21-18(22)13-5-7-14(20)8-6-13/h4-10,16H,11H2,1-3H3,(H,21,22)/t16-/m0/s1. The summed E-state index contributed by atoms with van der Waals surface area (Å²) in [4.78, 5) is 12.5. The van der Waals surface area contributed by atoms with Gasteiger partial charge in [-0.3, -0.25) is 4.79 Å². The number of rotatable bonds is 2. The summed E-state index contributed by atoms with van der Waals surface area (Å²) in [6, 6.07) is 13.5. The van der Waals surface area contributed by atoms with Crippen molar-refractivity contribution in [2.24, 2.45) is 0 Å². The van der Waals surface area contributed by atoms with Crippen molar-refractivity contribution in [2.75, 3.05) is 0 Å². The van der Waals surface area contributed by atoms with E-state index in [1.165, 1.54) is 0 Å². The van der Waals surface area contributed by atoms with Gasteiger partial charge in [0.2, 0.25) is 0 Å². The summed E-state index contributed by atoms with van der Waals surface area (Å²) in [5, 5.41) is 3.15. The molecule has 0 saturated heterocycles. The predicted molar refractivity (Wildman–Crippen MR) is 94.9 cm³/mol. The van der Waals surface area contributed by atoms with Crippen LogP contribution < -0.4 is 10.1 Å². The molecule has 0 bridgehead atoms. The van der Waals surface area contributed by atoms with Crippen LogP contribution in [-0.2, 0) is 0 Å². The quantitative estimate of drug-likeness (QED) is 0.821. The van der Waals surface area contributed by atoms with Gasteiger partial charge in [0.1, 0.15) is 11.4 Å². The number of halogens is 1. The maximum atomic E-state index is 12.5. The molecule has 1 aliphatic heterocycles. The molecule has 0 unspecified atom stereocenters. The molecule has 1 amide bonds. The Morgan fingerprint density at radius 3 is 2.61 bits per heavy atom. The zero-order valence-corrected chi connectivity index (χ0v) is 15.1. The summed E-state index contributed by atoms with van der Waals surface area (Å²) < 4.78 is 7.04. The van der Waals surface area contributed by atoms with E-state index in [1.54, 1.807) is 0 Å². The average molecular weight is 374 g/mol. The van der Waals surface area contributed by atoms with Crippen LogP contribution in [0.4, 0.5) is 0 Å². The van der Waals surface area contributed by atoms with Gasteiger partial charge in [-0.2, -0.15) is 0 Å². The highest BCUT2D eigenvalue weighted by molar-refractivity contribution is 9.10. The first-order valence-corrected chi connectivity index (χ1v) is 8.49. The van der Waals surface area contributed by atoms with Crippen molar-refractivity contribution in [3.8, 4) is 5.75 Å². The number of amides is 1. The first-order valence-electron chi connectivity index (χ1n) is 7.70. The molecule has 4 heteroatoms. The number of carbonyl (C=O) groups excluding carboxylic acids is 1. The number of aryl methyl sites for hydroxylation is 1. The van der Waals surface area contributed by atoms with Crippen molar-refractivity contribution in [3.05, 3.63) is 63.6 Å². The van der Waals surface area contributed by atoms with E-state index in [0.717, 1.165) is 27.8 Å². The van der Waals surface area contributed by atoms with Crippen LogP contribution >= 0.6 is 15.9 Å². The second kappa shape index (κ2) is 6.00. The summed E-state index contributed by atoms with van der Waals surface area (Å²) in [6.07, 6.45) is 0.741. The van der Waals surface area contributed by atoms with Gasteiger partial charge in [0.25, 0.3) is 5.91 Å². The summed E-state index contributed by atoms with van der Waals surface area (Å²) in [6.45, 7) is 6.15. The molecule has 0 aliphatic carbocycles. The lowest BCUT2D eigenvalue weighted by atomic mass is 9.89. The summed E-state index contributed by atoms with van der Waals surface area (Å²) in [5.74, 6) is 0.800. The monoisotopic (exact) mass is 373 g/mol. The van der Waals surface area contributed by atoms with Gasteiger partial charge in [-0.25, -0.2) is 0 Å². The minimum absolute atomic E-state index is 0.0505. The molecule has 3 rings (SSSR count). The van der Waals surface area contributed by atoms with Gasteiger partial charge in [-0.15, -0.1) is 0 Å². The normalized spacial score (nSPS) is 18.7. The summed E-state index contributed by atoms with van der Waals surface area (Å²) >= 11 is 3.39. The Labute approximate surface area is 145 Å². The topological polar surface area (TPSA) is 38.3 Å². The smallest absolute Gasteiger partial charge is 0.251 e. The SMILES string of the molecule is Cc1ccc2c(c1)OC(C)(C)C[C@@H]2NC(=O)c1ccc(Br)cc1. The molecule has 120 valence electrons. The molecule has 1 aliphatic rings. The Balaban J connectivity index is 1.87. The lowest BCUT2D eigenvalue weighted by molar-refractivity contribution is 0.0619. The fourth-order valence-electron chi connectivity index (χ4n) is 2.93. The molecule has 0 saturated carbocycles. The minimum atomic E-state index is -0.307. The maximum absolute atomic E-state index is 12.5. The van der Waals surface area contributed by atoms with Crippen LogP contribution in [0.15, 0.2) is 46.9 Å². The van der Waals surface area contributed by atoms with Crippen molar-refractivity contribution in [1.29, 1.82) is 0 Å². The van der Waals surface area contributed by atoms with Crippen LogP contribution in [0, 0.1) is 6.92 Å². The van der Waals surface area contributed by atoms with Crippen molar-refractivity contribution >= 4 is 21.8 Å². The molecular weight excluding hydrogens is 354 g/mol. The number of fused-ring (bicyclic) bond motifs is 1. The lowest BCUT2D eigenvalue weighted by Gasteiger charge is -2.38. The van der Waals surface area contributed by atoms with Crippen molar-refractivity contribution < 1.29 is 9.53 Å². The van der Waals surface area contributed by atoms with E-state index in [4.69, 9.17) is 4.74 Å². The number of ether oxygens (including phenoxy) is 1. The Morgan fingerprint density at radius 1 is 1.22 bits per heavy atom. The van der Waals surface area contributed by atoms with Gasteiger partial charge in [0.15, 0.2) is 0 Å². The third kappa shape index (κ3) is 3.58. The Bertz CT molecular complexity index is 738. The van der Waals surface area contributed by atoms with Crippen LogP contribution in [0.25, 0.3) is 0 Å². The summed E-state index contributed by atoms with van der Waals surface area (Å²) in [5.41, 5.74) is 2.55. The molecule has 0 radical (unpaired) electrons. The van der Waals surface area contributed by atoms with Crippen LogP contribution in [0.2, 0.25) is 0 Å². The van der Waals surface area contributed by atoms with E-state index in [1.807, 2.05) is 43.3 Å². The number of hydrogen-bond donors (Lipinski definition) is 1. The van der Waals surface area contributed by atoms with Crippen LogP contribution in [-0.4, -0.2) is 11.5 Å². The second-order valence-electron chi connectivity index (χ2n) is 6.64. The van der Waals surface area contributed by atoms with Gasteiger partial charge in [0, 0.05) is 22.0 Å². The van der Waals surface area contributed by atoms with Gasteiger partial charge in [-0.1, -0.05) is 28.1 Å². The largest absolute Gasteiger partial charge is 0.487 e. The number of carbonyl (C=O) groups is 1. The Morgan fingerprint density at radius 2 is 1.91 bits per heavy atom. The van der Waals surface area contributed by atoms with Crippen molar-refractivity contribution in [2.45, 2.75) is 38.8 Å². The molecule has 1 heterocycles. The Kier molecular flexibility index (Phi) is 4.19. The molecule has 2 aromatic rings. The minimum Gasteiger partial charge on any atom is -0.487 e. The van der Waals surface area contributed by atoms with E-state index in [0.29, 0.717) is 5.56 Å². The van der Waals surface area contributed by atoms with E-state index in [-0.39, 0.29) is 17.6 Å². The average Bonchev–Trinajstić information content (AvgIpc) is 2.46. The number of hydrogen-bond acceptors (Lipinski definition) is 2. The maximum Gasteiger partial charge on any atom is 0.251 e. The molecule has 0 spiro atoms. The van der Waals surface area contributed by atoms with Crippen LogP contribution in [0.1, 0.15) is 47.8 Å². The molecular formula is C19H20BrNO2. The molecule has 0 aromatic heterocycles. The second-order valence-corrected chi connectivity index (χ2v) is 7.56. The molecule has 23 heavy (non-hydrogen) atoms. The first kappa shape index (κ1) is 16.1. The van der Waals surface area contributed by atoms with E-state index in [2.05, 4.69) is 41.2 Å². The van der Waals surface area contributed by atoms with Crippen molar-refractivity contribution in [3.63, 3.8) is 0 Å². The van der Waals surface area contributed by atoms with Gasteiger partial charge in [-0.05, 0) is 56.7 Å². The van der Waals surface area contributed by atoms with Gasteiger partial charge >= 0.3 is 0 Å². The highest BCUT2D eigenvalue weighted by Crippen LogP contribution is 2.40. The zero-order valence-electron chi connectivity index (χ0n) is 13.5. The third-order valence-corrected chi connectivity index (χ3v) is 4.57. The Hall–Kier alpha value is -1.81. The zero-order chi connectivity index (χ0) is 16.6. The van der Waals surface area contributed by atoms with Crippen LogP contribution in [0.5, 0.6) is 5.75 Å². The van der Waals surface area contributed by atoms with Crippen molar-refractivity contribution in [1.82, 2.24) is 5.32 Å². The first-order chi connectivity index (χ1) is 10.8. The molecule has 1 N–H and O–H groups in total. The fraction of sp³-hybridized carbons (Fsp3) is 0.316. The highest BCUT2D eigenvalue weighted by Gasteiger charge is 2.34. The third-order valence-electron chi connectivity index (χ3n) is 4.04. The highest BCUT2D eigenvalue weighted by atomic mass is 79.9. The molecule has 2 aromatic carbocycles. The number of benzene rings is 2. The van der Waals surface area contributed by atoms with E-state index >= 15 is 0 Å². The van der Waals surface area contributed by atoms with E-state index < -0.39 is 0 Å². The molecule has 0 fully saturated rings. The summed E-state index contributed by atoms with van der Waals surface area (Å²) in [7, 11) is 0.